The molecule has 1 aromatic heterocycles. The zero-order valence-corrected chi connectivity index (χ0v) is 11.8. The van der Waals surface area contributed by atoms with E-state index in [1.807, 2.05) is 12.1 Å². The zero-order valence-electron chi connectivity index (χ0n) is 11.8. The number of guanidine groups is 1. The van der Waals surface area contributed by atoms with Gasteiger partial charge in [-0.3, -0.25) is 9.38 Å². The first-order chi connectivity index (χ1) is 9.26. The van der Waals surface area contributed by atoms with E-state index in [1.165, 1.54) is 0 Å². The Morgan fingerprint density at radius 1 is 1.53 bits per heavy atom. The van der Waals surface area contributed by atoms with E-state index in [4.69, 9.17) is 4.42 Å². The van der Waals surface area contributed by atoms with Gasteiger partial charge in [-0.15, -0.1) is 0 Å². The molecule has 2 N–H and O–H groups in total. The third-order valence-corrected chi connectivity index (χ3v) is 2.80. The lowest BCUT2D eigenvalue weighted by molar-refractivity contribution is 0.476. The SMILES string of the molecule is CCC(C)NC(=NCCCF)NCCc1ccco1. The number of hydrogen-bond donors (Lipinski definition) is 2. The first-order valence-corrected chi connectivity index (χ1v) is 6.89. The van der Waals surface area contributed by atoms with Crippen LogP contribution in [0, 0.1) is 0 Å². The van der Waals surface area contributed by atoms with Gasteiger partial charge in [-0.25, -0.2) is 0 Å². The number of alkyl halides is 1. The minimum absolute atomic E-state index is 0.327. The average Bonchev–Trinajstić information content (AvgIpc) is 2.91. The fraction of sp³-hybridized carbons (Fsp3) is 0.643. The minimum Gasteiger partial charge on any atom is -0.469 e. The molecule has 4 nitrogen and oxygen atoms in total. The van der Waals surface area contributed by atoms with Gasteiger partial charge in [0.15, 0.2) is 5.96 Å². The van der Waals surface area contributed by atoms with Crippen LogP contribution in [0.4, 0.5) is 4.39 Å². The maximum Gasteiger partial charge on any atom is 0.191 e. The van der Waals surface area contributed by atoms with Crippen LogP contribution in [0.25, 0.3) is 0 Å². The topological polar surface area (TPSA) is 49.6 Å². The summed E-state index contributed by atoms with van der Waals surface area (Å²) in [5.74, 6) is 1.69. The molecule has 0 radical (unpaired) electrons. The van der Waals surface area contributed by atoms with E-state index in [1.54, 1.807) is 6.26 Å². The Hall–Kier alpha value is -1.52. The smallest absolute Gasteiger partial charge is 0.191 e. The van der Waals surface area contributed by atoms with Crippen molar-refractivity contribution in [3.63, 3.8) is 0 Å². The van der Waals surface area contributed by atoms with Crippen molar-refractivity contribution in [3.05, 3.63) is 24.2 Å². The summed E-state index contributed by atoms with van der Waals surface area (Å²) < 4.78 is 17.4. The van der Waals surface area contributed by atoms with E-state index in [0.29, 0.717) is 19.0 Å². The van der Waals surface area contributed by atoms with Crippen molar-refractivity contribution in [1.29, 1.82) is 0 Å². The summed E-state index contributed by atoms with van der Waals surface area (Å²) in [5, 5.41) is 6.53. The Morgan fingerprint density at radius 3 is 3.00 bits per heavy atom. The van der Waals surface area contributed by atoms with Gasteiger partial charge in [-0.2, -0.15) is 0 Å². The van der Waals surface area contributed by atoms with Gasteiger partial charge in [-0.1, -0.05) is 6.92 Å². The zero-order chi connectivity index (χ0) is 13.9. The van der Waals surface area contributed by atoms with Crippen molar-refractivity contribution in [2.24, 2.45) is 4.99 Å². The molecule has 0 saturated heterocycles. The fourth-order valence-electron chi connectivity index (χ4n) is 1.50. The summed E-state index contributed by atoms with van der Waals surface area (Å²) in [4.78, 5) is 4.34. The molecular formula is C14H24FN3O. The molecule has 0 spiro atoms. The maximum absolute atomic E-state index is 12.1. The number of hydrogen-bond acceptors (Lipinski definition) is 2. The van der Waals surface area contributed by atoms with E-state index >= 15 is 0 Å². The Labute approximate surface area is 114 Å². The van der Waals surface area contributed by atoms with Gasteiger partial charge in [0.1, 0.15) is 5.76 Å². The third-order valence-electron chi connectivity index (χ3n) is 2.80. The molecule has 108 valence electrons. The molecule has 0 bridgehead atoms. The molecule has 0 amide bonds. The van der Waals surface area contributed by atoms with Crippen molar-refractivity contribution < 1.29 is 8.81 Å². The molecule has 1 heterocycles. The van der Waals surface area contributed by atoms with Gasteiger partial charge in [0, 0.05) is 25.6 Å². The molecule has 19 heavy (non-hydrogen) atoms. The Morgan fingerprint density at radius 2 is 2.37 bits per heavy atom. The highest BCUT2D eigenvalue weighted by Crippen LogP contribution is 1.99. The molecule has 1 unspecified atom stereocenters. The lowest BCUT2D eigenvalue weighted by Crippen LogP contribution is -2.42. The third kappa shape index (κ3) is 6.84. The highest BCUT2D eigenvalue weighted by Gasteiger charge is 2.03. The Balaban J connectivity index is 2.36. The van der Waals surface area contributed by atoms with Crippen LogP contribution in [0.15, 0.2) is 27.8 Å². The van der Waals surface area contributed by atoms with Crippen molar-refractivity contribution in [2.75, 3.05) is 19.8 Å². The van der Waals surface area contributed by atoms with Crippen molar-refractivity contribution in [2.45, 2.75) is 39.2 Å². The molecular weight excluding hydrogens is 245 g/mol. The second kappa shape index (κ2) is 9.42. The van der Waals surface area contributed by atoms with Gasteiger partial charge in [-0.05, 0) is 31.9 Å². The van der Waals surface area contributed by atoms with Crippen molar-refractivity contribution in [1.82, 2.24) is 10.6 Å². The molecule has 0 aliphatic heterocycles. The van der Waals surface area contributed by atoms with Crippen LogP contribution >= 0.6 is 0 Å². The predicted molar refractivity (Wildman–Crippen MR) is 76.2 cm³/mol. The van der Waals surface area contributed by atoms with Crippen LogP contribution in [0.2, 0.25) is 0 Å². The van der Waals surface area contributed by atoms with Crippen LogP contribution in [0.1, 0.15) is 32.4 Å². The molecule has 0 saturated carbocycles. The Kier molecular flexibility index (Phi) is 7.70. The van der Waals surface area contributed by atoms with E-state index < -0.39 is 0 Å². The molecule has 1 rings (SSSR count). The number of furan rings is 1. The van der Waals surface area contributed by atoms with E-state index in [2.05, 4.69) is 29.5 Å². The standard InChI is InChI=1S/C14H24FN3O/c1-3-12(2)18-14(16-9-5-8-15)17-10-7-13-6-4-11-19-13/h4,6,11-12H,3,5,7-10H2,1-2H3,(H2,16,17,18). The fourth-order valence-corrected chi connectivity index (χ4v) is 1.50. The molecule has 0 aliphatic rings. The summed E-state index contributed by atoms with van der Waals surface area (Å²) in [6, 6.07) is 4.17. The number of halogens is 1. The van der Waals surface area contributed by atoms with E-state index in [9.17, 15) is 4.39 Å². The van der Waals surface area contributed by atoms with Crippen LogP contribution in [-0.2, 0) is 6.42 Å². The monoisotopic (exact) mass is 269 g/mol. The van der Waals surface area contributed by atoms with Gasteiger partial charge in [0.2, 0.25) is 0 Å². The lowest BCUT2D eigenvalue weighted by Gasteiger charge is -2.16. The largest absolute Gasteiger partial charge is 0.469 e. The summed E-state index contributed by atoms with van der Waals surface area (Å²) in [5.41, 5.74) is 0. The first kappa shape index (κ1) is 15.5. The number of rotatable bonds is 8. The van der Waals surface area contributed by atoms with Gasteiger partial charge < -0.3 is 15.1 Å². The van der Waals surface area contributed by atoms with Crippen LogP contribution < -0.4 is 10.6 Å². The summed E-state index contributed by atoms with van der Waals surface area (Å²) >= 11 is 0. The highest BCUT2D eigenvalue weighted by molar-refractivity contribution is 5.80. The van der Waals surface area contributed by atoms with Crippen molar-refractivity contribution in [3.8, 4) is 0 Å². The molecule has 0 aliphatic carbocycles. The van der Waals surface area contributed by atoms with Crippen molar-refractivity contribution >= 4 is 5.96 Å². The second-order valence-corrected chi connectivity index (χ2v) is 4.48. The average molecular weight is 269 g/mol. The molecule has 0 aromatic carbocycles. The molecule has 1 aromatic rings. The van der Waals surface area contributed by atoms with Gasteiger partial charge in [0.25, 0.3) is 0 Å². The molecule has 5 heteroatoms. The van der Waals surface area contributed by atoms with Crippen LogP contribution in [-0.4, -0.2) is 31.8 Å². The summed E-state index contributed by atoms with van der Waals surface area (Å²) in [6.07, 6.45) is 3.95. The number of nitrogens with zero attached hydrogens (tertiary/aromatic N) is 1. The highest BCUT2D eigenvalue weighted by atomic mass is 19.1. The summed E-state index contributed by atoms with van der Waals surface area (Å²) in [7, 11) is 0. The maximum atomic E-state index is 12.1. The predicted octanol–water partition coefficient (Wildman–Crippen LogP) is 2.52. The van der Waals surface area contributed by atoms with Gasteiger partial charge in [0.05, 0.1) is 12.9 Å². The normalized spacial score (nSPS) is 13.3. The summed E-state index contributed by atoms with van der Waals surface area (Å²) in [6.45, 7) is 5.12. The molecule has 1 atom stereocenters. The van der Waals surface area contributed by atoms with Crippen LogP contribution in [0.3, 0.4) is 0 Å². The van der Waals surface area contributed by atoms with E-state index in [0.717, 1.165) is 31.1 Å². The van der Waals surface area contributed by atoms with Crippen LogP contribution in [0.5, 0.6) is 0 Å². The quantitative estimate of drug-likeness (QED) is 0.433. The number of nitrogens with one attached hydrogen (secondary N) is 2. The second-order valence-electron chi connectivity index (χ2n) is 4.48. The van der Waals surface area contributed by atoms with Gasteiger partial charge >= 0.3 is 0 Å². The first-order valence-electron chi connectivity index (χ1n) is 6.89. The molecule has 0 fully saturated rings. The minimum atomic E-state index is -0.327. The lowest BCUT2D eigenvalue weighted by atomic mass is 10.3. The van der Waals surface area contributed by atoms with E-state index in [-0.39, 0.29) is 6.67 Å². The number of aliphatic imine (C=N–C) groups is 1. The Bertz CT molecular complexity index is 352.